The maximum Gasteiger partial charge on any atom is 0.119 e. The molecule has 0 saturated carbocycles. The first-order chi connectivity index (χ1) is 12.4. The second-order valence-corrected chi connectivity index (χ2v) is 7.27. The summed E-state index contributed by atoms with van der Waals surface area (Å²) in [5.41, 5.74) is 4.34. The van der Waals surface area contributed by atoms with E-state index in [0.29, 0.717) is 12.1 Å². The van der Waals surface area contributed by atoms with Gasteiger partial charge in [0.1, 0.15) is 5.75 Å². The number of ether oxygens (including phenoxy) is 1. The van der Waals surface area contributed by atoms with Crippen LogP contribution in [0.1, 0.15) is 36.6 Å². The van der Waals surface area contributed by atoms with Crippen molar-refractivity contribution in [1.82, 2.24) is 9.88 Å². The van der Waals surface area contributed by atoms with Gasteiger partial charge in [0.15, 0.2) is 0 Å². The van der Waals surface area contributed by atoms with E-state index < -0.39 is 0 Å². The molecule has 1 N–H and O–H groups in total. The van der Waals surface area contributed by atoms with Gasteiger partial charge < -0.3 is 9.72 Å². The molecule has 1 saturated heterocycles. The third-order valence-electron chi connectivity index (χ3n) is 5.82. The lowest BCUT2D eigenvalue weighted by Crippen LogP contribution is -2.38. The first-order valence-corrected chi connectivity index (χ1v) is 9.43. The van der Waals surface area contributed by atoms with Crippen LogP contribution < -0.4 is 4.74 Å². The average molecular weight is 332 g/mol. The molecule has 25 heavy (non-hydrogen) atoms. The molecule has 2 aliphatic heterocycles. The van der Waals surface area contributed by atoms with Crippen LogP contribution in [0.2, 0.25) is 0 Å². The molecule has 2 atom stereocenters. The Bertz CT molecular complexity index is 870. The number of nitrogens with zero attached hydrogens (tertiary/aromatic N) is 1. The molecule has 1 aromatic heterocycles. The molecule has 2 unspecified atom stereocenters. The van der Waals surface area contributed by atoms with Gasteiger partial charge in [-0.25, -0.2) is 0 Å². The normalized spacial score (nSPS) is 22.2. The van der Waals surface area contributed by atoms with Gasteiger partial charge in [0.2, 0.25) is 0 Å². The van der Waals surface area contributed by atoms with E-state index in [0.717, 1.165) is 25.3 Å². The van der Waals surface area contributed by atoms with E-state index in [9.17, 15) is 0 Å². The van der Waals surface area contributed by atoms with Crippen molar-refractivity contribution < 1.29 is 4.74 Å². The molecule has 2 aromatic carbocycles. The van der Waals surface area contributed by atoms with Crippen LogP contribution in [0.4, 0.5) is 0 Å². The summed E-state index contributed by atoms with van der Waals surface area (Å²) in [6, 6.07) is 20.2. The Morgan fingerprint density at radius 3 is 2.76 bits per heavy atom. The topological polar surface area (TPSA) is 28.3 Å². The van der Waals surface area contributed by atoms with Crippen LogP contribution in [0.5, 0.6) is 5.75 Å². The summed E-state index contributed by atoms with van der Waals surface area (Å²) >= 11 is 0. The monoisotopic (exact) mass is 332 g/mol. The van der Waals surface area contributed by atoms with Crippen molar-refractivity contribution >= 4 is 10.9 Å². The van der Waals surface area contributed by atoms with E-state index in [2.05, 4.69) is 34.1 Å². The highest BCUT2D eigenvalue weighted by atomic mass is 16.5. The van der Waals surface area contributed by atoms with E-state index in [-0.39, 0.29) is 0 Å². The standard InChI is InChI=1S/C22H24N2O/c1-2-7-17(8-3-1)25-14-6-13-24-16-11-12-21(24)22-18-9-4-5-10-19(18)23-20(22)15-16/h1-5,7-10,16,21,23H,6,11-15H2. The molecule has 0 spiro atoms. The first-order valence-electron chi connectivity index (χ1n) is 9.43. The average Bonchev–Trinajstić information content (AvgIpc) is 3.16. The molecule has 0 radical (unpaired) electrons. The Labute approximate surface area is 148 Å². The van der Waals surface area contributed by atoms with Gasteiger partial charge >= 0.3 is 0 Å². The third-order valence-corrected chi connectivity index (χ3v) is 5.82. The fraction of sp³-hybridized carbons (Fsp3) is 0.364. The molecule has 0 amide bonds. The fourth-order valence-electron chi connectivity index (χ4n) is 4.75. The molecule has 3 aromatic rings. The van der Waals surface area contributed by atoms with Crippen molar-refractivity contribution in [2.75, 3.05) is 13.2 Å². The van der Waals surface area contributed by atoms with Gasteiger partial charge in [-0.05, 0) is 43.0 Å². The fourth-order valence-corrected chi connectivity index (χ4v) is 4.75. The zero-order valence-electron chi connectivity index (χ0n) is 14.4. The minimum absolute atomic E-state index is 0.585. The zero-order chi connectivity index (χ0) is 16.6. The van der Waals surface area contributed by atoms with Crippen LogP contribution in [0, 0.1) is 0 Å². The van der Waals surface area contributed by atoms with E-state index in [1.165, 1.54) is 35.9 Å². The number of H-pyrrole nitrogens is 1. The molecule has 3 heteroatoms. The van der Waals surface area contributed by atoms with Crippen molar-refractivity contribution in [3.05, 3.63) is 65.9 Å². The molecular formula is C22H24N2O. The van der Waals surface area contributed by atoms with Crippen LogP contribution in [0.25, 0.3) is 10.9 Å². The summed E-state index contributed by atoms with van der Waals surface area (Å²) in [5, 5.41) is 1.42. The second-order valence-electron chi connectivity index (χ2n) is 7.27. The molecule has 2 aliphatic rings. The molecule has 128 valence electrons. The Kier molecular flexibility index (Phi) is 3.75. The molecule has 0 aliphatic carbocycles. The van der Waals surface area contributed by atoms with Crippen molar-refractivity contribution in [3.63, 3.8) is 0 Å². The largest absolute Gasteiger partial charge is 0.494 e. The number of aromatic nitrogens is 1. The third kappa shape index (κ3) is 2.63. The predicted octanol–water partition coefficient (Wildman–Crippen LogP) is 4.70. The summed E-state index contributed by atoms with van der Waals surface area (Å²) in [6.07, 6.45) is 4.86. The Hall–Kier alpha value is -2.26. The Balaban J connectivity index is 1.29. The Morgan fingerprint density at radius 1 is 1.00 bits per heavy atom. The van der Waals surface area contributed by atoms with E-state index in [1.807, 2.05) is 30.3 Å². The number of benzene rings is 2. The van der Waals surface area contributed by atoms with Crippen LogP contribution in [-0.2, 0) is 6.42 Å². The van der Waals surface area contributed by atoms with Gasteiger partial charge in [-0.1, -0.05) is 36.4 Å². The quantitative estimate of drug-likeness (QED) is 0.686. The van der Waals surface area contributed by atoms with Gasteiger partial charge in [0.25, 0.3) is 0 Å². The predicted molar refractivity (Wildman–Crippen MR) is 101 cm³/mol. The minimum Gasteiger partial charge on any atom is -0.494 e. The highest BCUT2D eigenvalue weighted by Gasteiger charge is 2.41. The van der Waals surface area contributed by atoms with Gasteiger partial charge in [-0.2, -0.15) is 0 Å². The molecule has 1 fully saturated rings. The minimum atomic E-state index is 0.585. The number of fused-ring (bicyclic) bond motifs is 6. The van der Waals surface area contributed by atoms with Crippen molar-refractivity contribution in [1.29, 1.82) is 0 Å². The lowest BCUT2D eigenvalue weighted by Gasteiger charge is -2.35. The Morgan fingerprint density at radius 2 is 1.84 bits per heavy atom. The molecule has 2 bridgehead atoms. The molecule has 3 nitrogen and oxygen atoms in total. The lowest BCUT2D eigenvalue weighted by molar-refractivity contribution is 0.162. The van der Waals surface area contributed by atoms with Gasteiger partial charge in [0.05, 0.1) is 6.61 Å². The van der Waals surface area contributed by atoms with Gasteiger partial charge in [-0.15, -0.1) is 0 Å². The number of rotatable bonds is 5. The highest BCUT2D eigenvalue weighted by Crippen LogP contribution is 2.46. The zero-order valence-corrected chi connectivity index (χ0v) is 14.4. The van der Waals surface area contributed by atoms with Gasteiger partial charge in [0, 0.05) is 41.6 Å². The SMILES string of the molecule is c1ccc(OCCCN2C3CCC2c2c([nH]c4ccccc24)C3)cc1. The maximum atomic E-state index is 5.88. The van der Waals surface area contributed by atoms with E-state index >= 15 is 0 Å². The van der Waals surface area contributed by atoms with Crippen molar-refractivity contribution in [3.8, 4) is 5.75 Å². The summed E-state index contributed by atoms with van der Waals surface area (Å²) in [4.78, 5) is 6.41. The molecular weight excluding hydrogens is 308 g/mol. The van der Waals surface area contributed by atoms with Crippen LogP contribution >= 0.6 is 0 Å². The smallest absolute Gasteiger partial charge is 0.119 e. The van der Waals surface area contributed by atoms with Gasteiger partial charge in [-0.3, -0.25) is 4.90 Å². The number of hydrogen-bond donors (Lipinski definition) is 1. The van der Waals surface area contributed by atoms with Crippen LogP contribution in [-0.4, -0.2) is 29.1 Å². The van der Waals surface area contributed by atoms with E-state index in [4.69, 9.17) is 4.74 Å². The summed E-state index contributed by atoms with van der Waals surface area (Å²) in [6.45, 7) is 1.92. The highest BCUT2D eigenvalue weighted by molar-refractivity contribution is 5.85. The van der Waals surface area contributed by atoms with Crippen molar-refractivity contribution in [2.24, 2.45) is 0 Å². The summed E-state index contributed by atoms with van der Waals surface area (Å²) < 4.78 is 5.88. The lowest BCUT2D eigenvalue weighted by atomic mass is 9.97. The second kappa shape index (κ2) is 6.23. The summed E-state index contributed by atoms with van der Waals surface area (Å²) in [7, 11) is 0. The molecule has 3 heterocycles. The van der Waals surface area contributed by atoms with Crippen molar-refractivity contribution in [2.45, 2.75) is 37.8 Å². The maximum absolute atomic E-state index is 5.88. The molecule has 5 rings (SSSR count). The van der Waals surface area contributed by atoms with Crippen LogP contribution in [0.15, 0.2) is 54.6 Å². The number of para-hydroxylation sites is 2. The first kappa shape index (κ1) is 15.0. The van der Waals surface area contributed by atoms with Crippen LogP contribution in [0.3, 0.4) is 0 Å². The van der Waals surface area contributed by atoms with E-state index in [1.54, 1.807) is 5.56 Å². The summed E-state index contributed by atoms with van der Waals surface area (Å²) in [5.74, 6) is 0.975. The number of nitrogens with one attached hydrogen (secondary N) is 1. The number of aromatic amines is 1. The number of hydrogen-bond acceptors (Lipinski definition) is 2.